The van der Waals surface area contributed by atoms with Crippen LogP contribution in [0.4, 0.5) is 0 Å². The van der Waals surface area contributed by atoms with Crippen molar-refractivity contribution in [1.82, 2.24) is 10.3 Å². The van der Waals surface area contributed by atoms with Gasteiger partial charge in [0.15, 0.2) is 0 Å². The van der Waals surface area contributed by atoms with Crippen molar-refractivity contribution in [2.45, 2.75) is 19.9 Å². The van der Waals surface area contributed by atoms with Gasteiger partial charge in [-0.3, -0.25) is 4.98 Å². The molecule has 1 aromatic rings. The minimum absolute atomic E-state index is 0.662. The SMILES string of the molecule is CNCc1nc(C)ccc1OCCCOC. The lowest BCUT2D eigenvalue weighted by Gasteiger charge is -2.11. The quantitative estimate of drug-likeness (QED) is 0.713. The summed E-state index contributed by atoms with van der Waals surface area (Å²) in [6, 6.07) is 3.94. The van der Waals surface area contributed by atoms with Gasteiger partial charge in [-0.2, -0.15) is 0 Å². The molecular formula is C12H20N2O2. The van der Waals surface area contributed by atoms with Gasteiger partial charge in [0.05, 0.1) is 12.3 Å². The number of methoxy groups -OCH3 is 1. The molecule has 0 saturated heterocycles. The molecule has 90 valence electrons. The zero-order chi connectivity index (χ0) is 11.8. The molecule has 4 heteroatoms. The van der Waals surface area contributed by atoms with Crippen LogP contribution in [0.1, 0.15) is 17.8 Å². The second-order valence-corrected chi connectivity index (χ2v) is 3.62. The first-order valence-corrected chi connectivity index (χ1v) is 5.50. The van der Waals surface area contributed by atoms with Gasteiger partial charge in [-0.05, 0) is 26.1 Å². The summed E-state index contributed by atoms with van der Waals surface area (Å²) in [5.41, 5.74) is 1.97. The number of rotatable bonds is 7. The monoisotopic (exact) mass is 224 g/mol. The molecule has 4 nitrogen and oxygen atoms in total. The van der Waals surface area contributed by atoms with Crippen LogP contribution in [-0.2, 0) is 11.3 Å². The standard InChI is InChI=1S/C12H20N2O2/c1-10-5-6-12(11(14-10)9-13-2)16-8-4-7-15-3/h5-6,13H,4,7-9H2,1-3H3. The molecule has 0 unspecified atom stereocenters. The highest BCUT2D eigenvalue weighted by Gasteiger charge is 2.04. The van der Waals surface area contributed by atoms with Gasteiger partial charge in [-0.25, -0.2) is 0 Å². The van der Waals surface area contributed by atoms with Crippen molar-refractivity contribution in [3.8, 4) is 5.75 Å². The molecule has 0 aliphatic carbocycles. The molecule has 0 spiro atoms. The van der Waals surface area contributed by atoms with Crippen molar-refractivity contribution in [2.24, 2.45) is 0 Å². The van der Waals surface area contributed by atoms with Crippen molar-refractivity contribution < 1.29 is 9.47 Å². The first kappa shape index (κ1) is 12.9. The Kier molecular flexibility index (Phi) is 5.82. The van der Waals surface area contributed by atoms with Crippen LogP contribution in [0.2, 0.25) is 0 Å². The molecule has 0 radical (unpaired) electrons. The van der Waals surface area contributed by atoms with Gasteiger partial charge in [0.25, 0.3) is 0 Å². The molecule has 0 bridgehead atoms. The summed E-state index contributed by atoms with van der Waals surface area (Å²) in [7, 11) is 3.60. The van der Waals surface area contributed by atoms with Gasteiger partial charge >= 0.3 is 0 Å². The highest BCUT2D eigenvalue weighted by Crippen LogP contribution is 2.16. The molecule has 1 rings (SSSR count). The Hall–Kier alpha value is -1.13. The zero-order valence-corrected chi connectivity index (χ0v) is 10.2. The van der Waals surface area contributed by atoms with Crippen LogP contribution in [0.15, 0.2) is 12.1 Å². The minimum Gasteiger partial charge on any atom is -0.492 e. The van der Waals surface area contributed by atoms with Crippen molar-refractivity contribution in [3.05, 3.63) is 23.5 Å². The summed E-state index contributed by atoms with van der Waals surface area (Å²) in [4.78, 5) is 4.44. The first-order chi connectivity index (χ1) is 7.77. The van der Waals surface area contributed by atoms with Gasteiger partial charge < -0.3 is 14.8 Å². The molecule has 0 aliphatic rings. The van der Waals surface area contributed by atoms with E-state index in [1.807, 2.05) is 26.1 Å². The Morgan fingerprint density at radius 1 is 1.31 bits per heavy atom. The third kappa shape index (κ3) is 4.16. The topological polar surface area (TPSA) is 43.4 Å². The van der Waals surface area contributed by atoms with Crippen molar-refractivity contribution in [3.63, 3.8) is 0 Å². The molecule has 0 fully saturated rings. The Labute approximate surface area is 97.0 Å². The fraction of sp³-hybridized carbons (Fsp3) is 0.583. The largest absolute Gasteiger partial charge is 0.492 e. The van der Waals surface area contributed by atoms with Crippen LogP contribution in [0.5, 0.6) is 5.75 Å². The molecule has 0 atom stereocenters. The molecule has 1 N–H and O–H groups in total. The average Bonchev–Trinajstić information content (AvgIpc) is 2.27. The predicted octanol–water partition coefficient (Wildman–Crippen LogP) is 1.52. The average molecular weight is 224 g/mol. The number of nitrogens with zero attached hydrogens (tertiary/aromatic N) is 1. The summed E-state index contributed by atoms with van der Waals surface area (Å²) >= 11 is 0. The Morgan fingerprint density at radius 2 is 2.12 bits per heavy atom. The van der Waals surface area contributed by atoms with Crippen LogP contribution >= 0.6 is 0 Å². The maximum Gasteiger partial charge on any atom is 0.142 e. The van der Waals surface area contributed by atoms with E-state index in [4.69, 9.17) is 9.47 Å². The summed E-state index contributed by atoms with van der Waals surface area (Å²) in [5, 5.41) is 3.09. The lowest BCUT2D eigenvalue weighted by Crippen LogP contribution is -2.11. The number of pyridine rings is 1. The number of hydrogen-bond donors (Lipinski definition) is 1. The Morgan fingerprint density at radius 3 is 2.81 bits per heavy atom. The second-order valence-electron chi connectivity index (χ2n) is 3.62. The Balaban J connectivity index is 2.56. The third-order valence-electron chi connectivity index (χ3n) is 2.17. The van der Waals surface area contributed by atoms with E-state index < -0.39 is 0 Å². The van der Waals surface area contributed by atoms with Crippen molar-refractivity contribution in [2.75, 3.05) is 27.4 Å². The number of ether oxygens (including phenoxy) is 2. The second kappa shape index (κ2) is 7.19. The summed E-state index contributed by atoms with van der Waals surface area (Å²) in [6.45, 7) is 4.09. The fourth-order valence-electron chi connectivity index (χ4n) is 1.41. The van der Waals surface area contributed by atoms with Crippen LogP contribution in [-0.4, -0.2) is 32.4 Å². The normalized spacial score (nSPS) is 10.4. The van der Waals surface area contributed by atoms with E-state index in [0.29, 0.717) is 6.61 Å². The molecule has 1 heterocycles. The van der Waals surface area contributed by atoms with Crippen LogP contribution in [0, 0.1) is 6.92 Å². The first-order valence-electron chi connectivity index (χ1n) is 5.50. The van der Waals surface area contributed by atoms with Gasteiger partial charge in [0, 0.05) is 32.4 Å². The van der Waals surface area contributed by atoms with Gasteiger partial charge in [-0.15, -0.1) is 0 Å². The van der Waals surface area contributed by atoms with Crippen molar-refractivity contribution >= 4 is 0 Å². The van der Waals surface area contributed by atoms with Gasteiger partial charge in [0.1, 0.15) is 5.75 Å². The van der Waals surface area contributed by atoms with E-state index in [9.17, 15) is 0 Å². The summed E-state index contributed by atoms with van der Waals surface area (Å²) < 4.78 is 10.6. The smallest absolute Gasteiger partial charge is 0.142 e. The van der Waals surface area contributed by atoms with Crippen molar-refractivity contribution in [1.29, 1.82) is 0 Å². The highest BCUT2D eigenvalue weighted by molar-refractivity contribution is 5.29. The lowest BCUT2D eigenvalue weighted by molar-refractivity contribution is 0.171. The maximum atomic E-state index is 5.66. The zero-order valence-electron chi connectivity index (χ0n) is 10.2. The molecule has 0 saturated carbocycles. The molecule has 16 heavy (non-hydrogen) atoms. The van der Waals surface area contributed by atoms with Crippen LogP contribution in [0.3, 0.4) is 0 Å². The van der Waals surface area contributed by atoms with E-state index in [2.05, 4.69) is 10.3 Å². The van der Waals surface area contributed by atoms with Crippen LogP contribution < -0.4 is 10.1 Å². The van der Waals surface area contributed by atoms with E-state index in [-0.39, 0.29) is 0 Å². The number of aromatic nitrogens is 1. The van der Waals surface area contributed by atoms with E-state index in [0.717, 1.165) is 36.7 Å². The molecule has 0 amide bonds. The fourth-order valence-corrected chi connectivity index (χ4v) is 1.41. The molecular weight excluding hydrogens is 204 g/mol. The summed E-state index contributed by atoms with van der Waals surface area (Å²) in [6.07, 6.45) is 0.892. The van der Waals surface area contributed by atoms with Gasteiger partial charge in [-0.1, -0.05) is 0 Å². The van der Waals surface area contributed by atoms with Gasteiger partial charge in [0.2, 0.25) is 0 Å². The van der Waals surface area contributed by atoms with E-state index in [1.54, 1.807) is 7.11 Å². The summed E-state index contributed by atoms with van der Waals surface area (Å²) in [5.74, 6) is 0.857. The van der Waals surface area contributed by atoms with Crippen LogP contribution in [0.25, 0.3) is 0 Å². The third-order valence-corrected chi connectivity index (χ3v) is 2.17. The maximum absolute atomic E-state index is 5.66. The number of hydrogen-bond acceptors (Lipinski definition) is 4. The number of aryl methyl sites for hydroxylation is 1. The molecule has 0 aromatic carbocycles. The van der Waals surface area contributed by atoms with E-state index >= 15 is 0 Å². The highest BCUT2D eigenvalue weighted by atomic mass is 16.5. The predicted molar refractivity (Wildman–Crippen MR) is 63.7 cm³/mol. The van der Waals surface area contributed by atoms with E-state index in [1.165, 1.54) is 0 Å². The Bertz CT molecular complexity index is 316. The lowest BCUT2D eigenvalue weighted by atomic mass is 10.3. The number of nitrogens with one attached hydrogen (secondary N) is 1. The molecule has 1 aromatic heterocycles. The minimum atomic E-state index is 0.662. The molecule has 0 aliphatic heterocycles.